The standard InChI is InChI=1S/C14H27N3O2/c1-10(2)8-17-12(15-9-16-17)7-11(18)13(19-6)14(3,4)5/h9-11,13,18H,7-8H2,1-6H3. The number of aromatic nitrogens is 3. The molecule has 1 heterocycles. The van der Waals surface area contributed by atoms with Gasteiger partial charge in [-0.3, -0.25) is 0 Å². The van der Waals surface area contributed by atoms with Crippen LogP contribution in [-0.4, -0.2) is 39.2 Å². The molecule has 0 fully saturated rings. The van der Waals surface area contributed by atoms with Crippen molar-refractivity contribution in [2.24, 2.45) is 11.3 Å². The lowest BCUT2D eigenvalue weighted by Crippen LogP contribution is -2.41. The molecule has 1 rings (SSSR count). The number of hydrogen-bond donors (Lipinski definition) is 1. The molecular formula is C14H27N3O2. The van der Waals surface area contributed by atoms with Crippen molar-refractivity contribution in [1.82, 2.24) is 14.8 Å². The maximum Gasteiger partial charge on any atom is 0.138 e. The normalized spacial score (nSPS) is 15.8. The zero-order valence-corrected chi connectivity index (χ0v) is 12.9. The molecule has 0 aliphatic heterocycles. The van der Waals surface area contributed by atoms with Gasteiger partial charge in [-0.25, -0.2) is 9.67 Å². The monoisotopic (exact) mass is 269 g/mol. The minimum Gasteiger partial charge on any atom is -0.390 e. The molecule has 19 heavy (non-hydrogen) atoms. The lowest BCUT2D eigenvalue weighted by molar-refractivity contribution is -0.0708. The Hall–Kier alpha value is -0.940. The van der Waals surface area contributed by atoms with E-state index in [-0.39, 0.29) is 11.5 Å². The van der Waals surface area contributed by atoms with Crippen LogP contribution in [0.2, 0.25) is 0 Å². The Bertz CT molecular complexity index is 382. The highest BCUT2D eigenvalue weighted by Crippen LogP contribution is 2.25. The molecule has 5 heteroatoms. The molecular weight excluding hydrogens is 242 g/mol. The molecule has 1 aromatic rings. The van der Waals surface area contributed by atoms with Gasteiger partial charge in [0.15, 0.2) is 0 Å². The second-order valence-corrected chi connectivity index (χ2v) is 6.55. The summed E-state index contributed by atoms with van der Waals surface area (Å²) in [6.07, 6.45) is 1.20. The van der Waals surface area contributed by atoms with E-state index in [0.717, 1.165) is 12.4 Å². The molecule has 2 unspecified atom stereocenters. The largest absolute Gasteiger partial charge is 0.390 e. The molecule has 0 saturated carbocycles. The number of nitrogens with zero attached hydrogens (tertiary/aromatic N) is 3. The van der Waals surface area contributed by atoms with E-state index < -0.39 is 6.10 Å². The first-order valence-corrected chi connectivity index (χ1v) is 6.83. The molecule has 0 bridgehead atoms. The first kappa shape index (κ1) is 16.1. The van der Waals surface area contributed by atoms with Crippen LogP contribution in [0.5, 0.6) is 0 Å². The van der Waals surface area contributed by atoms with Crippen LogP contribution in [0.3, 0.4) is 0 Å². The van der Waals surface area contributed by atoms with Crippen molar-refractivity contribution < 1.29 is 9.84 Å². The van der Waals surface area contributed by atoms with Crippen molar-refractivity contribution in [2.75, 3.05) is 7.11 Å². The van der Waals surface area contributed by atoms with E-state index in [9.17, 15) is 5.11 Å². The highest BCUT2D eigenvalue weighted by atomic mass is 16.5. The predicted octanol–water partition coefficient (Wildman–Crippen LogP) is 1.90. The van der Waals surface area contributed by atoms with Gasteiger partial charge in [0.1, 0.15) is 12.2 Å². The second-order valence-electron chi connectivity index (χ2n) is 6.55. The summed E-state index contributed by atoms with van der Waals surface area (Å²) in [6, 6.07) is 0. The van der Waals surface area contributed by atoms with Crippen LogP contribution in [-0.2, 0) is 17.7 Å². The van der Waals surface area contributed by atoms with Crippen LogP contribution in [0.15, 0.2) is 6.33 Å². The Morgan fingerprint density at radius 1 is 1.37 bits per heavy atom. The number of methoxy groups -OCH3 is 1. The van der Waals surface area contributed by atoms with Crippen LogP contribution >= 0.6 is 0 Å². The van der Waals surface area contributed by atoms with Crippen LogP contribution in [0, 0.1) is 11.3 Å². The minimum atomic E-state index is -0.583. The van der Waals surface area contributed by atoms with Crippen LogP contribution in [0.1, 0.15) is 40.4 Å². The van der Waals surface area contributed by atoms with Gasteiger partial charge in [0.05, 0.1) is 12.2 Å². The molecule has 0 aliphatic rings. The van der Waals surface area contributed by atoms with Crippen molar-refractivity contribution in [1.29, 1.82) is 0 Å². The summed E-state index contributed by atoms with van der Waals surface area (Å²) in [5, 5.41) is 14.6. The van der Waals surface area contributed by atoms with E-state index in [4.69, 9.17) is 4.74 Å². The molecule has 0 saturated heterocycles. The van der Waals surface area contributed by atoms with Crippen LogP contribution in [0.4, 0.5) is 0 Å². The maximum absolute atomic E-state index is 10.4. The third-order valence-corrected chi connectivity index (χ3v) is 3.08. The van der Waals surface area contributed by atoms with Gasteiger partial charge >= 0.3 is 0 Å². The number of hydrogen-bond acceptors (Lipinski definition) is 4. The SMILES string of the molecule is COC(C(O)Cc1ncnn1CC(C)C)C(C)(C)C. The fraction of sp³-hybridized carbons (Fsp3) is 0.857. The molecule has 2 atom stereocenters. The topological polar surface area (TPSA) is 60.2 Å². The van der Waals surface area contributed by atoms with E-state index in [1.54, 1.807) is 13.4 Å². The first-order chi connectivity index (χ1) is 8.75. The Morgan fingerprint density at radius 2 is 2.00 bits per heavy atom. The van der Waals surface area contributed by atoms with E-state index in [1.165, 1.54) is 0 Å². The van der Waals surface area contributed by atoms with Crippen molar-refractivity contribution >= 4 is 0 Å². The summed E-state index contributed by atoms with van der Waals surface area (Å²) in [7, 11) is 1.64. The van der Waals surface area contributed by atoms with Gasteiger partial charge in [0, 0.05) is 20.1 Å². The first-order valence-electron chi connectivity index (χ1n) is 6.83. The second kappa shape index (κ2) is 6.48. The van der Waals surface area contributed by atoms with Crippen LogP contribution < -0.4 is 0 Å². The predicted molar refractivity (Wildman–Crippen MR) is 74.8 cm³/mol. The quantitative estimate of drug-likeness (QED) is 0.857. The van der Waals surface area contributed by atoms with Gasteiger partial charge in [0.25, 0.3) is 0 Å². The van der Waals surface area contributed by atoms with E-state index >= 15 is 0 Å². The minimum absolute atomic E-state index is 0.114. The van der Waals surface area contributed by atoms with Gasteiger partial charge < -0.3 is 9.84 Å². The molecule has 5 nitrogen and oxygen atoms in total. The van der Waals surface area contributed by atoms with Crippen molar-refractivity contribution in [3.8, 4) is 0 Å². The molecule has 1 N–H and O–H groups in total. The molecule has 0 spiro atoms. The highest BCUT2D eigenvalue weighted by Gasteiger charge is 2.32. The lowest BCUT2D eigenvalue weighted by atomic mass is 9.84. The van der Waals surface area contributed by atoms with Crippen LogP contribution in [0.25, 0.3) is 0 Å². The van der Waals surface area contributed by atoms with E-state index in [1.807, 2.05) is 4.68 Å². The number of aliphatic hydroxyl groups is 1. The summed E-state index contributed by atoms with van der Waals surface area (Å²) in [4.78, 5) is 4.24. The fourth-order valence-corrected chi connectivity index (χ4v) is 2.33. The number of rotatable bonds is 6. The van der Waals surface area contributed by atoms with Gasteiger partial charge in [-0.1, -0.05) is 34.6 Å². The summed E-state index contributed by atoms with van der Waals surface area (Å²) < 4.78 is 7.30. The van der Waals surface area contributed by atoms with Gasteiger partial charge in [-0.2, -0.15) is 5.10 Å². The maximum atomic E-state index is 10.4. The molecule has 110 valence electrons. The molecule has 0 amide bonds. The summed E-state index contributed by atoms with van der Waals surface area (Å²) in [6.45, 7) is 11.3. The zero-order valence-electron chi connectivity index (χ0n) is 12.9. The number of aliphatic hydroxyl groups excluding tert-OH is 1. The molecule has 1 aromatic heterocycles. The molecule has 0 aromatic carbocycles. The Morgan fingerprint density at radius 3 is 2.47 bits per heavy atom. The van der Waals surface area contributed by atoms with Gasteiger partial charge in [-0.15, -0.1) is 0 Å². The number of ether oxygens (including phenoxy) is 1. The van der Waals surface area contributed by atoms with Gasteiger partial charge in [-0.05, 0) is 11.3 Å². The molecule has 0 radical (unpaired) electrons. The van der Waals surface area contributed by atoms with E-state index in [0.29, 0.717) is 12.3 Å². The highest BCUT2D eigenvalue weighted by molar-refractivity contribution is 4.92. The molecule has 0 aliphatic carbocycles. The zero-order chi connectivity index (χ0) is 14.6. The fourth-order valence-electron chi connectivity index (χ4n) is 2.33. The third-order valence-electron chi connectivity index (χ3n) is 3.08. The van der Waals surface area contributed by atoms with Crippen molar-refractivity contribution in [2.45, 2.75) is 59.8 Å². The lowest BCUT2D eigenvalue weighted by Gasteiger charge is -2.33. The van der Waals surface area contributed by atoms with E-state index in [2.05, 4.69) is 44.7 Å². The summed E-state index contributed by atoms with van der Waals surface area (Å²) in [5.74, 6) is 1.31. The summed E-state index contributed by atoms with van der Waals surface area (Å²) >= 11 is 0. The summed E-state index contributed by atoms with van der Waals surface area (Å²) in [5.41, 5.74) is -0.114. The van der Waals surface area contributed by atoms with Crippen molar-refractivity contribution in [3.63, 3.8) is 0 Å². The smallest absolute Gasteiger partial charge is 0.138 e. The van der Waals surface area contributed by atoms with Crippen molar-refractivity contribution in [3.05, 3.63) is 12.2 Å². The third kappa shape index (κ3) is 4.58. The Labute approximate surface area is 116 Å². The average molecular weight is 269 g/mol. The Balaban J connectivity index is 2.76. The van der Waals surface area contributed by atoms with Gasteiger partial charge in [0.2, 0.25) is 0 Å². The average Bonchev–Trinajstić information content (AvgIpc) is 2.63. The Kier molecular flexibility index (Phi) is 5.50.